The molecule has 0 bridgehead atoms. The molecule has 272 valence electrons. The van der Waals surface area contributed by atoms with Crippen LogP contribution in [0.3, 0.4) is 0 Å². The first-order valence-electron chi connectivity index (χ1n) is 18.6. The van der Waals surface area contributed by atoms with Crippen molar-refractivity contribution in [3.63, 3.8) is 0 Å². The lowest BCUT2D eigenvalue weighted by Crippen LogP contribution is -2.54. The molecule has 7 rings (SSSR count). The Kier molecular flexibility index (Phi) is 10.3. The predicted octanol–water partition coefficient (Wildman–Crippen LogP) is 3.69. The largest absolute Gasteiger partial charge is 0.436 e. The fraction of sp³-hybridized carbons (Fsp3) is 0.538. The third-order valence-corrected chi connectivity index (χ3v) is 11.5. The standard InChI is InChI=1S/C39H51N7O5/c1-27-24-28(25-30-8-9-35(47)42(3)36(27)30)26-34(37(48)44-15-11-31(12-16-44)43-22-20-41(2)21-23-43)51-39(50)45-17-13-32(14-18-45)46-19-10-29-6-4-5-7-33(29)40-38(46)49/h4-9,24-25,31-32,34H,10-23,26H2,1-3H3,(H,40,49)/t34-/m1/s1. The van der Waals surface area contributed by atoms with Crippen LogP contribution in [0.4, 0.5) is 15.3 Å². The number of benzene rings is 2. The summed E-state index contributed by atoms with van der Waals surface area (Å²) in [4.78, 5) is 63.9. The van der Waals surface area contributed by atoms with E-state index < -0.39 is 12.2 Å². The molecule has 4 amide bonds. The molecule has 5 heterocycles. The minimum atomic E-state index is -0.977. The van der Waals surface area contributed by atoms with Crippen LogP contribution in [0.15, 0.2) is 53.3 Å². The first-order valence-corrected chi connectivity index (χ1v) is 18.6. The molecular formula is C39H51N7O5. The summed E-state index contributed by atoms with van der Waals surface area (Å²) in [6.07, 6.45) is 2.64. The van der Waals surface area contributed by atoms with E-state index in [1.807, 2.05) is 59.2 Å². The maximum absolute atomic E-state index is 14.2. The fourth-order valence-electron chi connectivity index (χ4n) is 8.50. The Balaban J connectivity index is 1.03. The third kappa shape index (κ3) is 7.62. The zero-order valence-electron chi connectivity index (χ0n) is 30.2. The maximum atomic E-state index is 14.2. The smallest absolute Gasteiger partial charge is 0.410 e. The van der Waals surface area contributed by atoms with E-state index in [-0.39, 0.29) is 30.0 Å². The number of fused-ring (bicyclic) bond motifs is 2. The molecule has 3 saturated heterocycles. The normalized spacial score (nSPS) is 20.5. The molecular weight excluding hydrogens is 646 g/mol. The number of piperazine rings is 1. The number of hydrogen-bond acceptors (Lipinski definition) is 7. The summed E-state index contributed by atoms with van der Waals surface area (Å²) in [5, 5.41) is 3.96. The number of likely N-dealkylation sites (N-methyl/N-ethyl adjacent to an activating group) is 1. The Labute approximate surface area is 299 Å². The van der Waals surface area contributed by atoms with E-state index in [9.17, 15) is 19.2 Å². The summed E-state index contributed by atoms with van der Waals surface area (Å²) in [5.74, 6) is -0.158. The first kappa shape index (κ1) is 35.0. The predicted molar refractivity (Wildman–Crippen MR) is 197 cm³/mol. The number of rotatable bonds is 6. The second kappa shape index (κ2) is 15.1. The summed E-state index contributed by atoms with van der Waals surface area (Å²) in [6.45, 7) is 8.97. The van der Waals surface area contributed by atoms with Crippen molar-refractivity contribution in [1.29, 1.82) is 0 Å². The number of aryl methyl sites for hydroxylation is 2. The number of urea groups is 1. The summed E-state index contributed by atoms with van der Waals surface area (Å²) >= 11 is 0. The summed E-state index contributed by atoms with van der Waals surface area (Å²) < 4.78 is 7.79. The number of hydrogen-bond donors (Lipinski definition) is 1. The molecule has 0 spiro atoms. The van der Waals surface area contributed by atoms with Crippen molar-refractivity contribution in [3.05, 3.63) is 75.6 Å². The van der Waals surface area contributed by atoms with Gasteiger partial charge in [0.1, 0.15) is 0 Å². The molecule has 3 aromatic rings. The molecule has 4 aliphatic rings. The average Bonchev–Trinajstić information content (AvgIpc) is 3.31. The minimum absolute atomic E-state index is 0.0129. The molecule has 2 aromatic carbocycles. The summed E-state index contributed by atoms with van der Waals surface area (Å²) in [7, 11) is 3.92. The number of piperidine rings is 2. The van der Waals surface area contributed by atoms with Crippen molar-refractivity contribution in [2.45, 2.75) is 63.6 Å². The number of para-hydroxylation sites is 1. The van der Waals surface area contributed by atoms with Crippen molar-refractivity contribution in [2.24, 2.45) is 7.05 Å². The second-order valence-corrected chi connectivity index (χ2v) is 14.8. The molecule has 0 radical (unpaired) electrons. The van der Waals surface area contributed by atoms with Crippen LogP contribution in [0, 0.1) is 6.92 Å². The van der Waals surface area contributed by atoms with Crippen molar-refractivity contribution >= 4 is 34.6 Å². The van der Waals surface area contributed by atoms with Crippen LogP contribution in [0.2, 0.25) is 0 Å². The monoisotopic (exact) mass is 697 g/mol. The Morgan fingerprint density at radius 3 is 2.25 bits per heavy atom. The Morgan fingerprint density at radius 2 is 1.51 bits per heavy atom. The molecule has 51 heavy (non-hydrogen) atoms. The molecule has 0 aliphatic carbocycles. The van der Waals surface area contributed by atoms with Gasteiger partial charge in [-0.05, 0) is 86.4 Å². The molecule has 12 heteroatoms. The van der Waals surface area contributed by atoms with Gasteiger partial charge >= 0.3 is 12.1 Å². The number of ether oxygens (including phenoxy) is 1. The lowest BCUT2D eigenvalue weighted by atomic mass is 9.98. The number of aromatic nitrogens is 1. The highest BCUT2D eigenvalue weighted by atomic mass is 16.6. The van der Waals surface area contributed by atoms with E-state index in [4.69, 9.17) is 4.74 Å². The van der Waals surface area contributed by atoms with Gasteiger partial charge in [0.15, 0.2) is 6.10 Å². The van der Waals surface area contributed by atoms with Gasteiger partial charge in [-0.15, -0.1) is 0 Å². The van der Waals surface area contributed by atoms with Crippen LogP contribution in [0.5, 0.6) is 0 Å². The van der Waals surface area contributed by atoms with Gasteiger partial charge in [0.05, 0.1) is 5.52 Å². The van der Waals surface area contributed by atoms with Crippen LogP contribution in [-0.4, -0.2) is 131 Å². The number of carbonyl (C=O) groups is 3. The van der Waals surface area contributed by atoms with E-state index in [2.05, 4.69) is 22.2 Å². The number of carbonyl (C=O) groups excluding carboxylic acids is 3. The van der Waals surface area contributed by atoms with Gasteiger partial charge in [0.25, 0.3) is 11.5 Å². The number of likely N-dealkylation sites (tertiary alicyclic amines) is 2. The van der Waals surface area contributed by atoms with Crippen LogP contribution >= 0.6 is 0 Å². The van der Waals surface area contributed by atoms with Crippen molar-refractivity contribution in [3.8, 4) is 0 Å². The van der Waals surface area contributed by atoms with Gasteiger partial charge in [0.2, 0.25) is 0 Å². The molecule has 4 aliphatic heterocycles. The number of anilines is 1. The van der Waals surface area contributed by atoms with Crippen molar-refractivity contribution < 1.29 is 19.1 Å². The molecule has 1 atom stereocenters. The minimum Gasteiger partial charge on any atom is -0.436 e. The second-order valence-electron chi connectivity index (χ2n) is 14.8. The quantitative estimate of drug-likeness (QED) is 0.419. The topological polar surface area (TPSA) is 111 Å². The summed E-state index contributed by atoms with van der Waals surface area (Å²) in [5.41, 5.74) is 4.56. The fourth-order valence-corrected chi connectivity index (χ4v) is 8.50. The zero-order chi connectivity index (χ0) is 35.6. The van der Waals surface area contributed by atoms with Crippen LogP contribution in [-0.2, 0) is 29.4 Å². The zero-order valence-corrected chi connectivity index (χ0v) is 30.2. The molecule has 12 nitrogen and oxygen atoms in total. The van der Waals surface area contributed by atoms with Gasteiger partial charge < -0.3 is 34.2 Å². The van der Waals surface area contributed by atoms with E-state index in [1.54, 1.807) is 22.6 Å². The lowest BCUT2D eigenvalue weighted by molar-refractivity contribution is -0.142. The highest BCUT2D eigenvalue weighted by Crippen LogP contribution is 2.27. The molecule has 0 saturated carbocycles. The highest BCUT2D eigenvalue weighted by molar-refractivity contribution is 5.91. The first-order chi connectivity index (χ1) is 24.6. The summed E-state index contributed by atoms with van der Waals surface area (Å²) in [6, 6.07) is 15.6. The number of nitrogens with one attached hydrogen (secondary N) is 1. The van der Waals surface area contributed by atoms with Gasteiger partial charge in [-0.25, -0.2) is 9.59 Å². The average molecular weight is 698 g/mol. The molecule has 3 fully saturated rings. The van der Waals surface area contributed by atoms with Gasteiger partial charge in [0, 0.05) is 96.2 Å². The SMILES string of the molecule is Cc1cc(C[C@@H](OC(=O)N2CCC(N3CCc4ccccc4NC3=O)CC2)C(=O)N2CCC(N3CCN(C)CC3)CC2)cc2ccc(=O)n(C)c12. The van der Waals surface area contributed by atoms with E-state index in [0.29, 0.717) is 51.6 Å². The Bertz CT molecular complexity index is 1820. The maximum Gasteiger partial charge on any atom is 0.410 e. The molecule has 1 N–H and O–H groups in total. The molecule has 0 unspecified atom stereocenters. The number of amides is 4. The van der Waals surface area contributed by atoms with Crippen LogP contribution < -0.4 is 10.9 Å². The van der Waals surface area contributed by atoms with E-state index >= 15 is 0 Å². The van der Waals surface area contributed by atoms with Gasteiger partial charge in [-0.1, -0.05) is 24.3 Å². The van der Waals surface area contributed by atoms with Gasteiger partial charge in [-0.2, -0.15) is 0 Å². The third-order valence-electron chi connectivity index (χ3n) is 11.5. The van der Waals surface area contributed by atoms with E-state index in [1.165, 1.54) is 0 Å². The molecule has 1 aromatic heterocycles. The van der Waals surface area contributed by atoms with Crippen molar-refractivity contribution in [2.75, 3.05) is 71.3 Å². The number of nitrogens with zero attached hydrogens (tertiary/aromatic N) is 6. The Hall–Kier alpha value is -4.42. The highest BCUT2D eigenvalue weighted by Gasteiger charge is 2.36. The van der Waals surface area contributed by atoms with Crippen LogP contribution in [0.1, 0.15) is 42.4 Å². The van der Waals surface area contributed by atoms with Crippen LogP contribution in [0.25, 0.3) is 10.9 Å². The van der Waals surface area contributed by atoms with E-state index in [0.717, 1.165) is 78.7 Å². The van der Waals surface area contributed by atoms with Gasteiger partial charge in [-0.3, -0.25) is 14.5 Å². The van der Waals surface area contributed by atoms with Crippen molar-refractivity contribution in [1.82, 2.24) is 29.1 Å². The number of pyridine rings is 1. The Morgan fingerprint density at radius 1 is 0.824 bits per heavy atom. The lowest BCUT2D eigenvalue weighted by Gasteiger charge is -2.42.